The first kappa shape index (κ1) is 18.8. The minimum atomic E-state index is -0.292. The molecule has 2 heterocycles. The molecule has 0 bridgehead atoms. The zero-order valence-electron chi connectivity index (χ0n) is 16.0. The fraction of sp³-hybridized carbons (Fsp3) is 0.364. The number of aromatic nitrogens is 2. The highest BCUT2D eigenvalue weighted by molar-refractivity contribution is 6.30. The summed E-state index contributed by atoms with van der Waals surface area (Å²) in [6.45, 7) is 0.793. The molecule has 0 spiro atoms. The average molecular weight is 398 g/mol. The van der Waals surface area contributed by atoms with E-state index in [2.05, 4.69) is 29.2 Å². The summed E-state index contributed by atoms with van der Waals surface area (Å²) in [5.41, 5.74) is 0.952. The fourth-order valence-corrected chi connectivity index (χ4v) is 4.05. The van der Waals surface area contributed by atoms with E-state index in [1.54, 1.807) is 0 Å². The van der Waals surface area contributed by atoms with Crippen LogP contribution >= 0.6 is 11.6 Å². The molecule has 146 valence electrons. The first-order chi connectivity index (χ1) is 13.7. The average Bonchev–Trinajstić information content (AvgIpc) is 3.05. The Bertz CT molecular complexity index is 1010. The molecule has 1 atom stereocenters. The van der Waals surface area contributed by atoms with Crippen LogP contribution in [0.25, 0.3) is 17.8 Å². The van der Waals surface area contributed by atoms with Gasteiger partial charge in [-0.05, 0) is 62.4 Å². The van der Waals surface area contributed by atoms with E-state index in [4.69, 9.17) is 21.4 Å². The third kappa shape index (κ3) is 3.59. The molecule has 1 saturated heterocycles. The largest absolute Gasteiger partial charge is 0.467 e. The summed E-state index contributed by atoms with van der Waals surface area (Å²) in [5.74, 6) is 0.641. The number of allylic oxidation sites excluding steroid dienone is 2. The molecule has 1 fully saturated rings. The van der Waals surface area contributed by atoms with Crippen molar-refractivity contribution in [3.05, 3.63) is 52.0 Å². The van der Waals surface area contributed by atoms with Gasteiger partial charge in [-0.3, -0.25) is 0 Å². The Hall–Kier alpha value is -2.53. The lowest BCUT2D eigenvalue weighted by molar-refractivity contribution is -0.142. The van der Waals surface area contributed by atoms with E-state index in [0.717, 1.165) is 60.7 Å². The number of halogens is 1. The van der Waals surface area contributed by atoms with Crippen molar-refractivity contribution >= 4 is 35.5 Å². The molecule has 1 aromatic heterocycles. The van der Waals surface area contributed by atoms with E-state index in [0.29, 0.717) is 5.02 Å². The summed E-state index contributed by atoms with van der Waals surface area (Å²) in [6.07, 6.45) is 13.3. The second-order valence-corrected chi connectivity index (χ2v) is 7.55. The maximum Gasteiger partial charge on any atom is 0.328 e. The van der Waals surface area contributed by atoms with Gasteiger partial charge in [-0.25, -0.2) is 9.48 Å². The number of fused-ring (bicyclic) bond motifs is 1. The number of carbonyl (C=O) groups excluding carboxylic acids is 1. The van der Waals surface area contributed by atoms with Crippen LogP contribution < -0.4 is 15.5 Å². The van der Waals surface area contributed by atoms with Crippen molar-refractivity contribution in [3.63, 3.8) is 0 Å². The van der Waals surface area contributed by atoms with Crippen molar-refractivity contribution in [3.8, 4) is 5.69 Å². The Kier molecular flexibility index (Phi) is 5.53. The fourth-order valence-electron chi connectivity index (χ4n) is 3.92. The van der Waals surface area contributed by atoms with Gasteiger partial charge >= 0.3 is 5.97 Å². The number of methoxy groups -OCH3 is 1. The third-order valence-corrected chi connectivity index (χ3v) is 5.58. The number of carbonyl (C=O) groups is 1. The number of hydrogen-bond donors (Lipinski definition) is 0. The highest BCUT2D eigenvalue weighted by atomic mass is 35.5. The van der Waals surface area contributed by atoms with Crippen molar-refractivity contribution in [1.29, 1.82) is 0 Å². The van der Waals surface area contributed by atoms with Crippen LogP contribution in [0, 0.1) is 0 Å². The zero-order chi connectivity index (χ0) is 19.5. The van der Waals surface area contributed by atoms with Crippen LogP contribution in [0.4, 0.5) is 5.82 Å². The maximum atomic E-state index is 12.4. The molecular formula is C22H24ClN3O2. The summed E-state index contributed by atoms with van der Waals surface area (Å²) in [6, 6.07) is 7.38. The Balaban J connectivity index is 1.91. The molecule has 1 aliphatic carbocycles. The number of ether oxygens (including phenoxy) is 1. The Morgan fingerprint density at radius 2 is 2.04 bits per heavy atom. The van der Waals surface area contributed by atoms with E-state index < -0.39 is 0 Å². The molecule has 0 saturated carbocycles. The molecular weight excluding hydrogens is 374 g/mol. The van der Waals surface area contributed by atoms with Gasteiger partial charge in [0.1, 0.15) is 6.04 Å². The number of benzene rings is 1. The second kappa shape index (κ2) is 8.23. The van der Waals surface area contributed by atoms with E-state index in [1.165, 1.54) is 7.11 Å². The molecule has 0 N–H and O–H groups in total. The maximum absolute atomic E-state index is 12.4. The SMILES string of the molecule is COC(=O)C1CCCCN1c1nn(-c2ccc(Cl)cc2)c2/c1=C\C=C/CC/C=2. The molecule has 2 aliphatic rings. The van der Waals surface area contributed by atoms with Crippen LogP contribution in [0.3, 0.4) is 0 Å². The Morgan fingerprint density at radius 3 is 2.82 bits per heavy atom. The molecule has 0 radical (unpaired) electrons. The molecule has 1 aliphatic heterocycles. The number of hydrogen-bond acceptors (Lipinski definition) is 4. The van der Waals surface area contributed by atoms with Crippen molar-refractivity contribution in [2.75, 3.05) is 18.6 Å². The number of esters is 1. The van der Waals surface area contributed by atoms with Crippen LogP contribution in [0.15, 0.2) is 36.4 Å². The highest BCUT2D eigenvalue weighted by Gasteiger charge is 2.32. The number of anilines is 1. The summed E-state index contributed by atoms with van der Waals surface area (Å²) >= 11 is 6.07. The van der Waals surface area contributed by atoms with Crippen molar-refractivity contribution < 1.29 is 9.53 Å². The standard InChI is InChI=1S/C22H24ClN3O2/c1-28-22(27)20-10-6-7-15-25(20)21-18-8-4-2-3-5-9-19(18)26(24-21)17-13-11-16(23)12-14-17/h2,4,8-9,11-14,20H,3,5-7,10,15H2,1H3/b4-2-,18-8+,19-9-. The number of piperidine rings is 1. The predicted octanol–water partition coefficient (Wildman–Crippen LogP) is 2.97. The number of nitrogens with zero attached hydrogens (tertiary/aromatic N) is 3. The molecule has 28 heavy (non-hydrogen) atoms. The van der Waals surface area contributed by atoms with Gasteiger partial charge in [0.2, 0.25) is 0 Å². The quantitative estimate of drug-likeness (QED) is 0.747. The molecule has 2 aromatic rings. The van der Waals surface area contributed by atoms with Gasteiger partial charge in [0.25, 0.3) is 0 Å². The minimum absolute atomic E-state index is 0.195. The first-order valence-electron chi connectivity index (χ1n) is 9.75. The van der Waals surface area contributed by atoms with E-state index in [-0.39, 0.29) is 12.0 Å². The zero-order valence-corrected chi connectivity index (χ0v) is 16.7. The van der Waals surface area contributed by atoms with Crippen LogP contribution in [0.1, 0.15) is 32.1 Å². The molecule has 5 nitrogen and oxygen atoms in total. The summed E-state index contributed by atoms with van der Waals surface area (Å²) in [7, 11) is 1.45. The molecule has 4 rings (SSSR count). The molecule has 1 aromatic carbocycles. The summed E-state index contributed by atoms with van der Waals surface area (Å²) in [5, 5.41) is 7.75. The highest BCUT2D eigenvalue weighted by Crippen LogP contribution is 2.22. The normalized spacial score (nSPS) is 22.6. The van der Waals surface area contributed by atoms with Crippen LogP contribution in [0.5, 0.6) is 0 Å². The third-order valence-electron chi connectivity index (χ3n) is 5.33. The van der Waals surface area contributed by atoms with E-state index in [1.807, 2.05) is 28.9 Å². The lowest BCUT2D eigenvalue weighted by Gasteiger charge is -2.33. The van der Waals surface area contributed by atoms with Gasteiger partial charge in [0.15, 0.2) is 5.82 Å². The van der Waals surface area contributed by atoms with Crippen molar-refractivity contribution in [1.82, 2.24) is 9.78 Å². The van der Waals surface area contributed by atoms with Gasteiger partial charge in [-0.15, -0.1) is 5.10 Å². The molecule has 6 heteroatoms. The first-order valence-corrected chi connectivity index (χ1v) is 10.1. The Labute approximate surface area is 169 Å². The predicted molar refractivity (Wildman–Crippen MR) is 112 cm³/mol. The van der Waals surface area contributed by atoms with Gasteiger partial charge in [0.05, 0.1) is 18.1 Å². The van der Waals surface area contributed by atoms with Gasteiger partial charge in [0, 0.05) is 16.8 Å². The van der Waals surface area contributed by atoms with E-state index in [9.17, 15) is 4.79 Å². The van der Waals surface area contributed by atoms with Crippen molar-refractivity contribution in [2.24, 2.45) is 0 Å². The van der Waals surface area contributed by atoms with Crippen LogP contribution in [0.2, 0.25) is 5.02 Å². The van der Waals surface area contributed by atoms with Gasteiger partial charge in [-0.2, -0.15) is 0 Å². The van der Waals surface area contributed by atoms with Gasteiger partial charge in [-0.1, -0.05) is 29.8 Å². The lowest BCUT2D eigenvalue weighted by Crippen LogP contribution is -2.48. The number of rotatable bonds is 3. The summed E-state index contributed by atoms with van der Waals surface area (Å²) < 4.78 is 7.03. The smallest absolute Gasteiger partial charge is 0.328 e. The second-order valence-electron chi connectivity index (χ2n) is 7.12. The topological polar surface area (TPSA) is 47.4 Å². The van der Waals surface area contributed by atoms with Crippen LogP contribution in [-0.2, 0) is 9.53 Å². The Morgan fingerprint density at radius 1 is 1.21 bits per heavy atom. The molecule has 1 unspecified atom stereocenters. The minimum Gasteiger partial charge on any atom is -0.467 e. The van der Waals surface area contributed by atoms with Crippen molar-refractivity contribution in [2.45, 2.75) is 38.1 Å². The lowest BCUT2D eigenvalue weighted by atomic mass is 10.0. The molecule has 0 amide bonds. The summed E-state index contributed by atoms with van der Waals surface area (Å²) in [4.78, 5) is 14.5. The monoisotopic (exact) mass is 397 g/mol. The van der Waals surface area contributed by atoms with E-state index >= 15 is 0 Å². The van der Waals surface area contributed by atoms with Gasteiger partial charge < -0.3 is 9.64 Å². The van der Waals surface area contributed by atoms with Crippen LogP contribution in [-0.4, -0.2) is 35.4 Å².